The average Bonchev–Trinajstić information content (AvgIpc) is 3.17. The molecular weight excluding hydrogens is 500 g/mol. The lowest BCUT2D eigenvalue weighted by atomic mass is 10.0. The van der Waals surface area contributed by atoms with Crippen LogP contribution in [-0.2, 0) is 23.0 Å². The molecule has 5 aromatic rings. The number of sulfonamides is 1. The van der Waals surface area contributed by atoms with Gasteiger partial charge in [0.25, 0.3) is 0 Å². The number of hydrogen-bond acceptors (Lipinski definition) is 5. The molecule has 0 aliphatic carbocycles. The van der Waals surface area contributed by atoms with Crippen molar-refractivity contribution in [2.45, 2.75) is 13.0 Å². The van der Waals surface area contributed by atoms with Crippen molar-refractivity contribution in [3.8, 4) is 11.6 Å². The molecule has 0 unspecified atom stereocenters. The normalized spacial score (nSPS) is 11.9. The van der Waals surface area contributed by atoms with E-state index in [1.165, 1.54) is 35.9 Å². The number of rotatable bonds is 6. The van der Waals surface area contributed by atoms with Gasteiger partial charge in [-0.15, -0.1) is 0 Å². The maximum absolute atomic E-state index is 13.4. The molecule has 0 atom stereocenters. The van der Waals surface area contributed by atoms with Crippen LogP contribution in [0.3, 0.4) is 0 Å². The molecule has 7 nitrogen and oxygen atoms in total. The number of hydrogen-bond donors (Lipinski definition) is 2. The largest absolute Gasteiger partial charge is 0.505 e. The van der Waals surface area contributed by atoms with Crippen LogP contribution in [0.4, 0.5) is 14.5 Å². The molecule has 0 radical (unpaired) electrons. The smallest absolute Gasteiger partial charge is 0.232 e. The molecule has 2 aromatic heterocycles. The number of nitrogens with zero attached hydrogens (tertiary/aromatic N) is 3. The van der Waals surface area contributed by atoms with Gasteiger partial charge in [0.2, 0.25) is 15.9 Å². The minimum Gasteiger partial charge on any atom is -0.505 e. The fourth-order valence-electron chi connectivity index (χ4n) is 4.45. The SMILES string of the molecule is CN(c1c2cc(Cc3ccc(F)cc3)cnc2c(O)c2c(O)n(Cc3ccc(F)cc3)cc12)S(C)(=O)=O. The molecule has 2 heterocycles. The second-order valence-electron chi connectivity index (χ2n) is 8.97. The van der Waals surface area contributed by atoms with Crippen LogP contribution in [0.2, 0.25) is 0 Å². The van der Waals surface area contributed by atoms with Crippen LogP contribution < -0.4 is 4.31 Å². The Morgan fingerprint density at radius 2 is 1.51 bits per heavy atom. The number of aromatic nitrogens is 2. The lowest BCUT2D eigenvalue weighted by Gasteiger charge is -2.21. The van der Waals surface area contributed by atoms with E-state index < -0.39 is 15.8 Å². The second kappa shape index (κ2) is 9.04. The van der Waals surface area contributed by atoms with Crippen molar-refractivity contribution in [1.82, 2.24) is 9.55 Å². The zero-order valence-electron chi connectivity index (χ0n) is 20.0. The van der Waals surface area contributed by atoms with Gasteiger partial charge < -0.3 is 14.8 Å². The molecule has 0 amide bonds. The average molecular weight is 524 g/mol. The summed E-state index contributed by atoms with van der Waals surface area (Å²) in [5.41, 5.74) is 2.60. The van der Waals surface area contributed by atoms with E-state index in [4.69, 9.17) is 0 Å². The Bertz CT molecular complexity index is 1750. The topological polar surface area (TPSA) is 95.7 Å². The monoisotopic (exact) mass is 523 g/mol. The van der Waals surface area contributed by atoms with Crippen molar-refractivity contribution < 1.29 is 27.4 Å². The van der Waals surface area contributed by atoms with Gasteiger partial charge in [-0.25, -0.2) is 17.2 Å². The molecule has 0 fully saturated rings. The van der Waals surface area contributed by atoms with Gasteiger partial charge in [0, 0.05) is 30.2 Å². The fraction of sp³-hybridized carbons (Fsp3) is 0.148. The maximum Gasteiger partial charge on any atom is 0.232 e. The van der Waals surface area contributed by atoms with E-state index in [9.17, 15) is 27.4 Å². The standard InChI is InChI=1S/C27H23F2N3O4S/c1-31(37(2,35)36)25-21-12-18(11-16-3-7-19(28)8-4-16)13-30-24(21)26(33)23-22(25)15-32(27(23)34)14-17-5-9-20(29)10-6-17/h3-10,12-13,15,33-34H,11,14H2,1-2H3. The third kappa shape index (κ3) is 4.55. The highest BCUT2D eigenvalue weighted by molar-refractivity contribution is 7.92. The third-order valence-corrected chi connectivity index (χ3v) is 7.54. The molecule has 0 saturated carbocycles. The van der Waals surface area contributed by atoms with Crippen LogP contribution in [-0.4, -0.2) is 41.5 Å². The first-order valence-corrected chi connectivity index (χ1v) is 13.2. The van der Waals surface area contributed by atoms with Gasteiger partial charge in [0.1, 0.15) is 17.2 Å². The van der Waals surface area contributed by atoms with Crippen LogP contribution in [0.5, 0.6) is 11.6 Å². The van der Waals surface area contributed by atoms with Crippen LogP contribution in [0.25, 0.3) is 21.7 Å². The van der Waals surface area contributed by atoms with Crippen LogP contribution in [0, 0.1) is 11.6 Å². The Kier molecular flexibility index (Phi) is 5.99. The fourth-order valence-corrected chi connectivity index (χ4v) is 4.97. The van der Waals surface area contributed by atoms with Crippen molar-refractivity contribution in [1.29, 1.82) is 0 Å². The maximum atomic E-state index is 13.4. The van der Waals surface area contributed by atoms with E-state index in [-0.39, 0.29) is 40.6 Å². The Balaban J connectivity index is 1.73. The predicted octanol–water partition coefficient (Wildman–Crippen LogP) is 4.91. The number of pyridine rings is 1. The number of phenolic OH excluding ortho intramolecular Hbond substituents is 1. The van der Waals surface area contributed by atoms with E-state index in [0.29, 0.717) is 22.8 Å². The third-order valence-electron chi connectivity index (χ3n) is 6.37. The number of halogens is 2. The molecule has 3 aromatic carbocycles. The Morgan fingerprint density at radius 1 is 0.919 bits per heavy atom. The first kappa shape index (κ1) is 24.5. The molecule has 0 spiro atoms. The minimum atomic E-state index is -3.75. The summed E-state index contributed by atoms with van der Waals surface area (Å²) in [6, 6.07) is 13.5. The van der Waals surface area contributed by atoms with Crippen molar-refractivity contribution in [2.75, 3.05) is 17.6 Å². The van der Waals surface area contributed by atoms with Crippen molar-refractivity contribution in [3.63, 3.8) is 0 Å². The van der Waals surface area contributed by atoms with E-state index in [1.807, 2.05) is 0 Å². The van der Waals surface area contributed by atoms with Gasteiger partial charge in [-0.2, -0.15) is 0 Å². The van der Waals surface area contributed by atoms with Crippen LogP contribution >= 0.6 is 0 Å². The van der Waals surface area contributed by atoms with E-state index in [2.05, 4.69) is 4.98 Å². The quantitative estimate of drug-likeness (QED) is 0.330. The summed E-state index contributed by atoms with van der Waals surface area (Å²) in [6.45, 7) is 0.155. The molecule has 0 aliphatic rings. The number of fused-ring (bicyclic) bond motifs is 2. The summed E-state index contributed by atoms with van der Waals surface area (Å²) in [4.78, 5) is 4.41. The number of phenols is 1. The summed E-state index contributed by atoms with van der Waals surface area (Å²) in [6.07, 6.45) is 4.56. The van der Waals surface area contributed by atoms with Gasteiger partial charge in [0.15, 0.2) is 5.75 Å². The summed E-state index contributed by atoms with van der Waals surface area (Å²) in [7, 11) is -2.36. The van der Waals surface area contributed by atoms with Crippen LogP contribution in [0.15, 0.2) is 67.0 Å². The Hall–Kier alpha value is -4.18. The van der Waals surface area contributed by atoms with Gasteiger partial charge in [-0.1, -0.05) is 24.3 Å². The molecule has 0 saturated heterocycles. The molecule has 37 heavy (non-hydrogen) atoms. The Morgan fingerprint density at radius 3 is 2.11 bits per heavy atom. The zero-order chi connectivity index (χ0) is 26.5. The van der Waals surface area contributed by atoms with Gasteiger partial charge in [0.05, 0.1) is 23.9 Å². The lowest BCUT2D eigenvalue weighted by molar-refractivity contribution is 0.425. The highest BCUT2D eigenvalue weighted by Crippen LogP contribution is 2.46. The van der Waals surface area contributed by atoms with E-state index in [0.717, 1.165) is 21.7 Å². The van der Waals surface area contributed by atoms with Crippen LogP contribution in [0.1, 0.15) is 16.7 Å². The first-order valence-electron chi connectivity index (χ1n) is 11.3. The molecule has 0 bridgehead atoms. The minimum absolute atomic E-state index is 0.0545. The molecule has 10 heteroatoms. The Labute approximate surface area is 211 Å². The number of aromatic hydroxyl groups is 2. The van der Waals surface area contributed by atoms with E-state index >= 15 is 0 Å². The van der Waals surface area contributed by atoms with Gasteiger partial charge in [-0.05, 0) is 53.4 Å². The van der Waals surface area contributed by atoms with Crippen molar-refractivity contribution in [2.24, 2.45) is 0 Å². The van der Waals surface area contributed by atoms with Crippen molar-refractivity contribution >= 4 is 37.4 Å². The van der Waals surface area contributed by atoms with Crippen molar-refractivity contribution in [3.05, 3.63) is 95.3 Å². The van der Waals surface area contributed by atoms with E-state index in [1.54, 1.807) is 42.7 Å². The molecule has 2 N–H and O–H groups in total. The number of anilines is 1. The van der Waals surface area contributed by atoms with Gasteiger partial charge >= 0.3 is 0 Å². The molecule has 0 aliphatic heterocycles. The molecular formula is C27H23F2N3O4S. The predicted molar refractivity (Wildman–Crippen MR) is 139 cm³/mol. The second-order valence-corrected chi connectivity index (χ2v) is 11.0. The first-order chi connectivity index (χ1) is 17.5. The highest BCUT2D eigenvalue weighted by atomic mass is 32.2. The lowest BCUT2D eigenvalue weighted by Crippen LogP contribution is -2.25. The zero-order valence-corrected chi connectivity index (χ0v) is 20.8. The highest BCUT2D eigenvalue weighted by Gasteiger charge is 2.26. The summed E-state index contributed by atoms with van der Waals surface area (Å²) < 4.78 is 54.5. The summed E-state index contributed by atoms with van der Waals surface area (Å²) >= 11 is 0. The molecule has 190 valence electrons. The number of benzene rings is 3. The molecule has 5 rings (SSSR count). The van der Waals surface area contributed by atoms with Gasteiger partial charge in [-0.3, -0.25) is 9.29 Å². The summed E-state index contributed by atoms with van der Waals surface area (Å²) in [5, 5.41) is 22.9. The summed E-state index contributed by atoms with van der Waals surface area (Å²) in [5.74, 6) is -1.32.